The van der Waals surface area contributed by atoms with Crippen LogP contribution in [0.25, 0.3) is 0 Å². The van der Waals surface area contributed by atoms with E-state index in [1.54, 1.807) is 0 Å². The number of aryl methyl sites for hydroxylation is 1. The molecule has 0 saturated carbocycles. The topological polar surface area (TPSA) is 17.0 Å². The third kappa shape index (κ3) is 3.46. The zero-order valence-electron chi connectivity index (χ0n) is 10.6. The van der Waals surface area contributed by atoms with E-state index < -0.39 is 0 Å². The minimum absolute atomic E-state index is 0.952. The Kier molecular flexibility index (Phi) is 3.99. The molecule has 0 fully saturated rings. The summed E-state index contributed by atoms with van der Waals surface area (Å²) in [5.74, 6) is 0. The Morgan fingerprint density at radius 3 is 2.82 bits per heavy atom. The maximum atomic E-state index is 3.34. The second-order valence-corrected chi connectivity index (χ2v) is 4.46. The summed E-state index contributed by atoms with van der Waals surface area (Å²) in [7, 11) is 0. The first-order valence-corrected chi connectivity index (χ1v) is 6.19. The van der Waals surface area contributed by atoms with Gasteiger partial charge in [-0.3, -0.25) is 0 Å². The van der Waals surface area contributed by atoms with E-state index in [1.807, 2.05) is 0 Å². The molecule has 0 spiro atoms. The van der Waals surface area contributed by atoms with Gasteiger partial charge in [0, 0.05) is 25.5 Å². The highest BCUT2D eigenvalue weighted by Crippen LogP contribution is 2.08. The quantitative estimate of drug-likeness (QED) is 0.832. The van der Waals surface area contributed by atoms with E-state index in [9.17, 15) is 0 Å². The van der Waals surface area contributed by atoms with Crippen LogP contribution in [0.1, 0.15) is 23.6 Å². The molecule has 0 amide bonds. The fourth-order valence-electron chi connectivity index (χ4n) is 1.98. The molecule has 0 aliphatic carbocycles. The Morgan fingerprint density at radius 1 is 1.18 bits per heavy atom. The van der Waals surface area contributed by atoms with Crippen molar-refractivity contribution in [2.75, 3.05) is 6.54 Å². The molecule has 1 N–H and O–H groups in total. The first-order valence-electron chi connectivity index (χ1n) is 6.19. The highest BCUT2D eigenvalue weighted by molar-refractivity contribution is 5.23. The molecule has 2 nitrogen and oxygen atoms in total. The number of rotatable bonds is 5. The Morgan fingerprint density at radius 2 is 2.06 bits per heavy atom. The number of hydrogen-bond donors (Lipinski definition) is 1. The number of hydrogen-bond acceptors (Lipinski definition) is 1. The lowest BCUT2D eigenvalue weighted by Crippen LogP contribution is -2.11. The van der Waals surface area contributed by atoms with Gasteiger partial charge in [0.2, 0.25) is 0 Å². The molecule has 2 aromatic rings. The van der Waals surface area contributed by atoms with Crippen molar-refractivity contribution < 1.29 is 0 Å². The van der Waals surface area contributed by atoms with Gasteiger partial charge in [-0.25, -0.2) is 0 Å². The van der Waals surface area contributed by atoms with Crippen molar-refractivity contribution in [1.82, 2.24) is 9.88 Å². The van der Waals surface area contributed by atoms with E-state index in [2.05, 4.69) is 66.5 Å². The van der Waals surface area contributed by atoms with Crippen LogP contribution in [-0.2, 0) is 13.1 Å². The fraction of sp³-hybridized carbons (Fsp3) is 0.333. The first kappa shape index (κ1) is 11.9. The summed E-state index contributed by atoms with van der Waals surface area (Å²) < 4.78 is 2.24. The van der Waals surface area contributed by atoms with Crippen LogP contribution >= 0.6 is 0 Å². The van der Waals surface area contributed by atoms with Crippen molar-refractivity contribution in [2.24, 2.45) is 0 Å². The maximum absolute atomic E-state index is 3.34. The average molecular weight is 228 g/mol. The highest BCUT2D eigenvalue weighted by atomic mass is 14.9. The molecule has 2 heteroatoms. The van der Waals surface area contributed by atoms with Crippen molar-refractivity contribution in [3.63, 3.8) is 0 Å². The minimum atomic E-state index is 0.952. The molecule has 0 aliphatic heterocycles. The lowest BCUT2D eigenvalue weighted by Gasteiger charge is -2.04. The van der Waals surface area contributed by atoms with Crippen molar-refractivity contribution in [2.45, 2.75) is 26.9 Å². The van der Waals surface area contributed by atoms with Crippen LogP contribution in [0.5, 0.6) is 0 Å². The van der Waals surface area contributed by atoms with Gasteiger partial charge < -0.3 is 9.88 Å². The summed E-state index contributed by atoms with van der Waals surface area (Å²) in [6.07, 6.45) is 4.36. The number of nitrogens with one attached hydrogen (secondary N) is 1. The van der Waals surface area contributed by atoms with Gasteiger partial charge in [-0.15, -0.1) is 0 Å². The second kappa shape index (κ2) is 5.69. The molecule has 90 valence electrons. The lowest BCUT2D eigenvalue weighted by atomic mass is 10.1. The third-order valence-corrected chi connectivity index (χ3v) is 2.84. The van der Waals surface area contributed by atoms with Gasteiger partial charge in [-0.05, 0) is 30.7 Å². The molecule has 0 aliphatic rings. The molecule has 0 bridgehead atoms. The average Bonchev–Trinajstić information content (AvgIpc) is 2.74. The van der Waals surface area contributed by atoms with Gasteiger partial charge in [-0.1, -0.05) is 36.8 Å². The molecule has 2 rings (SSSR count). The summed E-state index contributed by atoms with van der Waals surface area (Å²) in [6, 6.07) is 10.9. The summed E-state index contributed by atoms with van der Waals surface area (Å²) in [5.41, 5.74) is 4.03. The van der Waals surface area contributed by atoms with E-state index in [4.69, 9.17) is 0 Å². The zero-order valence-corrected chi connectivity index (χ0v) is 10.6. The fourth-order valence-corrected chi connectivity index (χ4v) is 1.98. The summed E-state index contributed by atoms with van der Waals surface area (Å²) >= 11 is 0. The van der Waals surface area contributed by atoms with Crippen molar-refractivity contribution in [1.29, 1.82) is 0 Å². The highest BCUT2D eigenvalue weighted by Gasteiger charge is 1.98. The number of aromatic nitrogens is 1. The standard InChI is InChI=1S/C15H20N2/c1-3-16-10-15-7-8-17(12-15)11-14-6-4-5-13(2)9-14/h4-9,12,16H,3,10-11H2,1-2H3. The zero-order chi connectivity index (χ0) is 12.1. The molecule has 17 heavy (non-hydrogen) atoms. The summed E-state index contributed by atoms with van der Waals surface area (Å²) in [6.45, 7) is 7.19. The van der Waals surface area contributed by atoms with Crippen molar-refractivity contribution >= 4 is 0 Å². The van der Waals surface area contributed by atoms with Gasteiger partial charge in [-0.2, -0.15) is 0 Å². The van der Waals surface area contributed by atoms with Crippen LogP contribution < -0.4 is 5.32 Å². The normalized spacial score (nSPS) is 10.7. The molecule has 0 saturated heterocycles. The predicted molar refractivity (Wildman–Crippen MR) is 72.1 cm³/mol. The largest absolute Gasteiger partial charge is 0.350 e. The van der Waals surface area contributed by atoms with Crippen LogP contribution in [0.3, 0.4) is 0 Å². The molecular weight excluding hydrogens is 208 g/mol. The molecular formula is C15H20N2. The van der Waals surface area contributed by atoms with Crippen molar-refractivity contribution in [3.8, 4) is 0 Å². The Bertz CT molecular complexity index is 471. The Labute approximate surface area is 103 Å². The smallest absolute Gasteiger partial charge is 0.0470 e. The van der Waals surface area contributed by atoms with Gasteiger partial charge in [0.15, 0.2) is 0 Å². The van der Waals surface area contributed by atoms with Crippen LogP contribution in [0.15, 0.2) is 42.7 Å². The van der Waals surface area contributed by atoms with Crippen LogP contribution in [0.2, 0.25) is 0 Å². The van der Waals surface area contributed by atoms with Gasteiger partial charge in [0.25, 0.3) is 0 Å². The number of nitrogens with zero attached hydrogens (tertiary/aromatic N) is 1. The molecule has 1 aromatic heterocycles. The molecule has 0 unspecified atom stereocenters. The van der Waals surface area contributed by atoms with Gasteiger partial charge in [0.05, 0.1) is 0 Å². The second-order valence-electron chi connectivity index (χ2n) is 4.46. The van der Waals surface area contributed by atoms with E-state index in [-0.39, 0.29) is 0 Å². The minimum Gasteiger partial charge on any atom is -0.350 e. The monoisotopic (exact) mass is 228 g/mol. The molecule has 1 heterocycles. The van der Waals surface area contributed by atoms with E-state index in [1.165, 1.54) is 16.7 Å². The summed E-state index contributed by atoms with van der Waals surface area (Å²) in [5, 5.41) is 3.34. The van der Waals surface area contributed by atoms with E-state index >= 15 is 0 Å². The number of benzene rings is 1. The maximum Gasteiger partial charge on any atom is 0.0470 e. The molecule has 0 atom stereocenters. The van der Waals surface area contributed by atoms with Crippen LogP contribution in [0, 0.1) is 6.92 Å². The van der Waals surface area contributed by atoms with Gasteiger partial charge >= 0.3 is 0 Å². The predicted octanol–water partition coefficient (Wildman–Crippen LogP) is 2.95. The lowest BCUT2D eigenvalue weighted by molar-refractivity contribution is 0.721. The van der Waals surface area contributed by atoms with Crippen molar-refractivity contribution in [3.05, 3.63) is 59.4 Å². The van der Waals surface area contributed by atoms with Gasteiger partial charge in [0.1, 0.15) is 0 Å². The Balaban J connectivity index is 2.01. The Hall–Kier alpha value is -1.54. The first-order chi connectivity index (χ1) is 8.28. The van der Waals surface area contributed by atoms with Crippen LogP contribution in [0.4, 0.5) is 0 Å². The summed E-state index contributed by atoms with van der Waals surface area (Å²) in [4.78, 5) is 0. The van der Waals surface area contributed by atoms with E-state index in [0.29, 0.717) is 0 Å². The van der Waals surface area contributed by atoms with E-state index in [0.717, 1.165) is 19.6 Å². The molecule has 0 radical (unpaired) electrons. The SMILES string of the molecule is CCNCc1ccn(Cc2cccc(C)c2)c1. The third-order valence-electron chi connectivity index (χ3n) is 2.84. The molecule has 1 aromatic carbocycles. The van der Waals surface area contributed by atoms with Crippen LogP contribution in [-0.4, -0.2) is 11.1 Å².